The predicted octanol–water partition coefficient (Wildman–Crippen LogP) is 3.74. The number of phenolic OH excluding ortho intramolecular Hbond substituents is 1. The van der Waals surface area contributed by atoms with Crippen molar-refractivity contribution >= 4 is 16.2 Å². The van der Waals surface area contributed by atoms with Crippen LogP contribution in [0.2, 0.25) is 0 Å². The number of H-pyrrole nitrogens is 1. The van der Waals surface area contributed by atoms with E-state index in [1.165, 1.54) is 6.92 Å². The molecule has 4 rings (SSSR count). The molecule has 0 radical (unpaired) electrons. The zero-order valence-corrected chi connectivity index (χ0v) is 22.0. The Bertz CT molecular complexity index is 1500. The van der Waals surface area contributed by atoms with Crippen molar-refractivity contribution in [3.8, 4) is 22.9 Å². The number of Topliss-reactive ketones (excluding diaryl/α,β-unsaturated/α-hetero) is 1. The molecule has 13 heteroatoms. The Morgan fingerprint density at radius 1 is 1.05 bits per heavy atom. The number of ether oxygens (including phenoxy) is 1. The first-order valence-corrected chi connectivity index (χ1v) is 13.2. The van der Waals surface area contributed by atoms with Crippen molar-refractivity contribution in [1.29, 1.82) is 0 Å². The van der Waals surface area contributed by atoms with E-state index in [4.69, 9.17) is 22.3 Å². The van der Waals surface area contributed by atoms with Gasteiger partial charge in [-0.15, -0.1) is 10.2 Å². The standard InChI is InChI=1S/C26H26N4O4.H2O4S/c1-3-5-23-20(10-13-22(16(2)31)25(23)33)15-34-21-11-8-17(9-12-21)24(32)18-6-4-7-19(14-18)26-27-29-30-28-26;1-5(2,3)4/h4,6-14,24,32-33H,3,5,15H2,1-2H3,(H,27,28,29,30);(H2,1,2,3,4). The normalized spacial score (nSPS) is 11.8. The second kappa shape index (κ2) is 13.1. The fourth-order valence-electron chi connectivity index (χ4n) is 3.86. The number of carbonyl (C=O) groups excluding carboxylic acids is 1. The highest BCUT2D eigenvalue weighted by atomic mass is 32.3. The van der Waals surface area contributed by atoms with Gasteiger partial charge in [-0.2, -0.15) is 13.6 Å². The SMILES string of the molecule is CCCc1c(COc2ccc(C(O)c3cccc(-c4nn[nH]n4)c3)cc2)ccc(C(C)=O)c1O.O=S(=O)(O)O. The van der Waals surface area contributed by atoms with Crippen molar-refractivity contribution in [2.75, 3.05) is 0 Å². The largest absolute Gasteiger partial charge is 0.507 e. The number of phenols is 1. The van der Waals surface area contributed by atoms with E-state index in [9.17, 15) is 15.0 Å². The fourth-order valence-corrected chi connectivity index (χ4v) is 3.86. The Labute approximate surface area is 224 Å². The van der Waals surface area contributed by atoms with Crippen molar-refractivity contribution in [2.45, 2.75) is 39.4 Å². The minimum Gasteiger partial charge on any atom is -0.507 e. The summed E-state index contributed by atoms with van der Waals surface area (Å²) in [7, 11) is -4.67. The molecule has 1 aromatic heterocycles. The highest BCUT2D eigenvalue weighted by Gasteiger charge is 2.16. The van der Waals surface area contributed by atoms with Crippen LogP contribution in [-0.4, -0.2) is 54.1 Å². The van der Waals surface area contributed by atoms with Gasteiger partial charge in [0.15, 0.2) is 5.78 Å². The first-order chi connectivity index (χ1) is 18.5. The molecule has 0 aliphatic heterocycles. The van der Waals surface area contributed by atoms with Crippen molar-refractivity contribution in [2.24, 2.45) is 0 Å². The number of aliphatic hydroxyl groups excluding tert-OH is 1. The van der Waals surface area contributed by atoms with Crippen LogP contribution in [0, 0.1) is 0 Å². The number of nitrogens with one attached hydrogen (secondary N) is 1. The quantitative estimate of drug-likeness (QED) is 0.149. The van der Waals surface area contributed by atoms with Crippen molar-refractivity contribution in [1.82, 2.24) is 20.6 Å². The summed E-state index contributed by atoms with van der Waals surface area (Å²) in [5.74, 6) is 0.966. The van der Waals surface area contributed by atoms with E-state index in [1.807, 2.05) is 49.4 Å². The number of tetrazole rings is 1. The smallest absolute Gasteiger partial charge is 0.394 e. The van der Waals surface area contributed by atoms with Gasteiger partial charge in [0.1, 0.15) is 24.2 Å². The van der Waals surface area contributed by atoms with Crippen LogP contribution >= 0.6 is 0 Å². The van der Waals surface area contributed by atoms with E-state index in [0.29, 0.717) is 34.7 Å². The van der Waals surface area contributed by atoms with Crippen molar-refractivity contribution < 1.29 is 37.3 Å². The summed E-state index contributed by atoms with van der Waals surface area (Å²) >= 11 is 0. The van der Waals surface area contributed by atoms with Gasteiger partial charge in [0.05, 0.1) is 5.56 Å². The molecule has 1 atom stereocenters. The van der Waals surface area contributed by atoms with Crippen LogP contribution in [0.5, 0.6) is 11.5 Å². The number of aromatic nitrogens is 4. The molecule has 39 heavy (non-hydrogen) atoms. The third-order valence-corrected chi connectivity index (χ3v) is 5.66. The maximum atomic E-state index is 11.8. The number of ketones is 1. The molecular weight excluding hydrogens is 528 g/mol. The highest BCUT2D eigenvalue weighted by molar-refractivity contribution is 7.79. The second-order valence-electron chi connectivity index (χ2n) is 8.47. The Hall–Kier alpha value is -4.17. The third-order valence-electron chi connectivity index (χ3n) is 5.66. The van der Waals surface area contributed by atoms with E-state index in [2.05, 4.69) is 20.6 Å². The molecule has 12 nitrogen and oxygen atoms in total. The number of aliphatic hydroxyl groups is 1. The highest BCUT2D eigenvalue weighted by Crippen LogP contribution is 2.30. The van der Waals surface area contributed by atoms with Gasteiger partial charge in [-0.1, -0.05) is 49.7 Å². The lowest BCUT2D eigenvalue weighted by molar-refractivity contribution is 0.101. The molecular formula is C26H28N4O8S. The lowest BCUT2D eigenvalue weighted by Crippen LogP contribution is -2.04. The molecule has 0 amide bonds. The number of carbonyl (C=O) groups is 1. The van der Waals surface area contributed by atoms with Crippen LogP contribution < -0.4 is 4.74 Å². The van der Waals surface area contributed by atoms with Gasteiger partial charge < -0.3 is 14.9 Å². The first kappa shape index (κ1) is 29.4. The summed E-state index contributed by atoms with van der Waals surface area (Å²) in [6.45, 7) is 3.72. The summed E-state index contributed by atoms with van der Waals surface area (Å²) in [4.78, 5) is 11.8. The number of nitrogens with zero attached hydrogens (tertiary/aromatic N) is 3. The molecule has 0 bridgehead atoms. The van der Waals surface area contributed by atoms with Gasteiger partial charge in [-0.25, -0.2) is 0 Å². The molecule has 0 fully saturated rings. The van der Waals surface area contributed by atoms with Crippen LogP contribution in [-0.2, 0) is 23.4 Å². The topological polar surface area (TPSA) is 196 Å². The van der Waals surface area contributed by atoms with Crippen LogP contribution in [0.15, 0.2) is 60.7 Å². The molecule has 206 valence electrons. The predicted molar refractivity (Wildman–Crippen MR) is 141 cm³/mol. The summed E-state index contributed by atoms with van der Waals surface area (Å²) in [6, 6.07) is 18.0. The summed E-state index contributed by atoms with van der Waals surface area (Å²) in [5.41, 5.74) is 4.09. The monoisotopic (exact) mass is 556 g/mol. The summed E-state index contributed by atoms with van der Waals surface area (Å²) < 4.78 is 37.5. The average molecular weight is 557 g/mol. The van der Waals surface area contributed by atoms with Gasteiger partial charge >= 0.3 is 10.4 Å². The molecule has 3 aromatic carbocycles. The molecule has 0 saturated carbocycles. The number of hydrogen-bond acceptors (Lipinski definition) is 9. The van der Waals surface area contributed by atoms with E-state index in [0.717, 1.165) is 23.1 Å². The van der Waals surface area contributed by atoms with Crippen LogP contribution in [0.4, 0.5) is 0 Å². The Morgan fingerprint density at radius 3 is 2.33 bits per heavy atom. The van der Waals surface area contributed by atoms with Gasteiger partial charge in [0, 0.05) is 11.1 Å². The average Bonchev–Trinajstić information content (AvgIpc) is 3.43. The molecule has 5 N–H and O–H groups in total. The van der Waals surface area contributed by atoms with Gasteiger partial charge in [-0.3, -0.25) is 13.9 Å². The molecule has 0 aliphatic rings. The summed E-state index contributed by atoms with van der Waals surface area (Å²) in [6.07, 6.45) is 0.662. The lowest BCUT2D eigenvalue weighted by Gasteiger charge is -2.15. The number of benzene rings is 3. The van der Waals surface area contributed by atoms with Crippen LogP contribution in [0.3, 0.4) is 0 Å². The Morgan fingerprint density at radius 2 is 1.74 bits per heavy atom. The Balaban J connectivity index is 0.000000771. The zero-order valence-electron chi connectivity index (χ0n) is 21.1. The lowest BCUT2D eigenvalue weighted by atomic mass is 9.97. The van der Waals surface area contributed by atoms with E-state index < -0.39 is 16.5 Å². The zero-order chi connectivity index (χ0) is 28.6. The van der Waals surface area contributed by atoms with Gasteiger partial charge in [0.25, 0.3) is 0 Å². The molecule has 4 aromatic rings. The number of hydrogen-bond donors (Lipinski definition) is 5. The molecule has 0 aliphatic carbocycles. The maximum Gasteiger partial charge on any atom is 0.394 e. The van der Waals surface area contributed by atoms with Gasteiger partial charge in [-0.05, 0) is 59.5 Å². The van der Waals surface area contributed by atoms with Gasteiger partial charge in [0.2, 0.25) is 5.82 Å². The van der Waals surface area contributed by atoms with E-state index in [-0.39, 0.29) is 18.1 Å². The minimum absolute atomic E-state index is 0.0389. The van der Waals surface area contributed by atoms with E-state index in [1.54, 1.807) is 18.2 Å². The molecule has 0 saturated heterocycles. The van der Waals surface area contributed by atoms with Crippen molar-refractivity contribution in [3.63, 3.8) is 0 Å². The second-order valence-corrected chi connectivity index (χ2v) is 9.37. The number of aromatic hydroxyl groups is 1. The summed E-state index contributed by atoms with van der Waals surface area (Å²) in [5, 5.41) is 35.3. The number of rotatable bonds is 9. The minimum atomic E-state index is -4.67. The van der Waals surface area contributed by atoms with Crippen LogP contribution in [0.25, 0.3) is 11.4 Å². The first-order valence-electron chi connectivity index (χ1n) is 11.8. The van der Waals surface area contributed by atoms with E-state index >= 15 is 0 Å². The molecule has 1 unspecified atom stereocenters. The van der Waals surface area contributed by atoms with Crippen LogP contribution in [0.1, 0.15) is 59.0 Å². The molecule has 1 heterocycles. The Kier molecular flexibility index (Phi) is 9.84. The maximum absolute atomic E-state index is 11.8. The van der Waals surface area contributed by atoms with Crippen molar-refractivity contribution in [3.05, 3.63) is 88.5 Å². The third kappa shape index (κ3) is 8.41. The molecule has 0 spiro atoms. The fraction of sp³-hybridized carbons (Fsp3) is 0.231. The number of aromatic amines is 1.